The van der Waals surface area contributed by atoms with Gasteiger partial charge in [-0.2, -0.15) is 0 Å². The highest BCUT2D eigenvalue weighted by Crippen LogP contribution is 2.42. The van der Waals surface area contributed by atoms with Crippen molar-refractivity contribution in [3.8, 4) is 0 Å². The molecule has 2 saturated heterocycles. The summed E-state index contributed by atoms with van der Waals surface area (Å²) in [6.45, 7) is 1.43. The minimum Gasteiger partial charge on any atom is -0.465 e. The van der Waals surface area contributed by atoms with Gasteiger partial charge in [0, 0.05) is 32.6 Å². The third kappa shape index (κ3) is 3.74. The van der Waals surface area contributed by atoms with Crippen LogP contribution in [0.2, 0.25) is 0 Å². The van der Waals surface area contributed by atoms with E-state index >= 15 is 0 Å². The van der Waals surface area contributed by atoms with Crippen molar-refractivity contribution >= 4 is 11.9 Å². The third-order valence-corrected chi connectivity index (χ3v) is 6.08. The number of carbonyl (C=O) groups excluding carboxylic acids is 1. The molecule has 152 valence electrons. The number of ketones is 1. The van der Waals surface area contributed by atoms with Gasteiger partial charge in [0.2, 0.25) is 0 Å². The largest absolute Gasteiger partial charge is 0.465 e. The molecule has 1 atom stereocenters. The number of hydrogen-bond donors (Lipinski definition) is 1. The molecule has 2 aliphatic heterocycles. The van der Waals surface area contributed by atoms with Gasteiger partial charge < -0.3 is 10.0 Å². The number of Topliss-reactive ketones (excluding diaryl/α,β-unsaturated/α-hetero) is 1. The average Bonchev–Trinajstić information content (AvgIpc) is 3.11. The van der Waals surface area contributed by atoms with Crippen LogP contribution in [0.4, 0.5) is 13.6 Å². The standard InChI is InChI=1S/C22H22F2N2O3/c23-17-5-1-15(2-6-17)20(16-3-7-18(24)8-4-16)25-12-10-22(13-25)14-26(21(28)29)11-9-19(22)27/h1-8,20H,9-14H2,(H,28,29). The minimum atomic E-state index is -1.01. The molecule has 7 heteroatoms. The van der Waals surface area contributed by atoms with Crippen LogP contribution in [0.5, 0.6) is 0 Å². The maximum atomic E-state index is 13.5. The molecule has 0 bridgehead atoms. The Morgan fingerprint density at radius 3 is 2.00 bits per heavy atom. The van der Waals surface area contributed by atoms with Crippen LogP contribution >= 0.6 is 0 Å². The first-order valence-electron chi connectivity index (χ1n) is 9.64. The molecule has 2 aromatic rings. The lowest BCUT2D eigenvalue weighted by Gasteiger charge is -2.38. The Hall–Kier alpha value is -2.80. The van der Waals surface area contributed by atoms with Gasteiger partial charge in [0.05, 0.1) is 11.5 Å². The van der Waals surface area contributed by atoms with E-state index in [-0.39, 0.29) is 43.0 Å². The van der Waals surface area contributed by atoms with Crippen LogP contribution in [0, 0.1) is 17.0 Å². The molecule has 0 radical (unpaired) electrons. The fourth-order valence-corrected chi connectivity index (χ4v) is 4.58. The molecule has 1 spiro atoms. The normalized spacial score (nSPS) is 22.6. The van der Waals surface area contributed by atoms with E-state index in [1.54, 1.807) is 24.3 Å². The van der Waals surface area contributed by atoms with E-state index in [0.717, 1.165) is 11.1 Å². The number of carbonyl (C=O) groups is 2. The van der Waals surface area contributed by atoms with Gasteiger partial charge in [-0.15, -0.1) is 0 Å². The second kappa shape index (κ2) is 7.55. The van der Waals surface area contributed by atoms with Gasteiger partial charge in [0.15, 0.2) is 0 Å². The van der Waals surface area contributed by atoms with E-state index in [9.17, 15) is 23.5 Å². The van der Waals surface area contributed by atoms with E-state index in [1.807, 2.05) is 0 Å². The van der Waals surface area contributed by atoms with E-state index in [2.05, 4.69) is 4.90 Å². The van der Waals surface area contributed by atoms with Crippen LogP contribution in [-0.4, -0.2) is 53.0 Å². The van der Waals surface area contributed by atoms with Crippen LogP contribution in [0.1, 0.15) is 30.0 Å². The zero-order valence-electron chi connectivity index (χ0n) is 15.9. The fourth-order valence-electron chi connectivity index (χ4n) is 4.58. The van der Waals surface area contributed by atoms with Crippen molar-refractivity contribution in [3.63, 3.8) is 0 Å². The molecule has 5 nitrogen and oxygen atoms in total. The Morgan fingerprint density at radius 1 is 0.931 bits per heavy atom. The van der Waals surface area contributed by atoms with Crippen molar-refractivity contribution in [1.82, 2.24) is 9.80 Å². The van der Waals surface area contributed by atoms with Gasteiger partial charge in [-0.25, -0.2) is 13.6 Å². The summed E-state index contributed by atoms with van der Waals surface area (Å²) in [5, 5.41) is 9.38. The van der Waals surface area contributed by atoms with Crippen molar-refractivity contribution < 1.29 is 23.5 Å². The number of nitrogens with zero attached hydrogens (tertiary/aromatic N) is 2. The van der Waals surface area contributed by atoms with Crippen molar-refractivity contribution in [2.75, 3.05) is 26.2 Å². The number of halogens is 2. The first-order valence-corrected chi connectivity index (χ1v) is 9.64. The van der Waals surface area contributed by atoms with Crippen LogP contribution < -0.4 is 0 Å². The van der Waals surface area contributed by atoms with Crippen LogP contribution in [0.25, 0.3) is 0 Å². The molecule has 4 rings (SSSR count). The number of hydrogen-bond acceptors (Lipinski definition) is 3. The smallest absolute Gasteiger partial charge is 0.407 e. The van der Waals surface area contributed by atoms with Gasteiger partial charge in [0.25, 0.3) is 0 Å². The van der Waals surface area contributed by atoms with Crippen molar-refractivity contribution in [2.24, 2.45) is 5.41 Å². The van der Waals surface area contributed by atoms with Crippen molar-refractivity contribution in [2.45, 2.75) is 18.9 Å². The Bertz CT molecular complexity index is 871. The highest BCUT2D eigenvalue weighted by atomic mass is 19.1. The highest BCUT2D eigenvalue weighted by molar-refractivity contribution is 5.88. The first kappa shape index (κ1) is 19.5. The SMILES string of the molecule is O=C(O)N1CCC(=O)C2(CCN(C(c3ccc(F)cc3)c3ccc(F)cc3)C2)C1. The molecule has 0 saturated carbocycles. The highest BCUT2D eigenvalue weighted by Gasteiger charge is 2.49. The number of amides is 1. The number of likely N-dealkylation sites (tertiary alicyclic amines) is 2. The maximum Gasteiger partial charge on any atom is 0.407 e. The third-order valence-electron chi connectivity index (χ3n) is 6.08. The summed E-state index contributed by atoms with van der Waals surface area (Å²) in [5.41, 5.74) is 0.955. The van der Waals surface area contributed by atoms with Gasteiger partial charge in [0.1, 0.15) is 17.4 Å². The summed E-state index contributed by atoms with van der Waals surface area (Å²) in [5.74, 6) is -0.595. The second-order valence-electron chi connectivity index (χ2n) is 7.88. The van der Waals surface area contributed by atoms with Gasteiger partial charge in [-0.1, -0.05) is 24.3 Å². The molecule has 2 aliphatic rings. The molecule has 0 aromatic heterocycles. The minimum absolute atomic E-state index is 0.0921. The molecule has 1 N–H and O–H groups in total. The molecule has 1 amide bonds. The first-order chi connectivity index (χ1) is 13.9. The van der Waals surface area contributed by atoms with Gasteiger partial charge in [-0.3, -0.25) is 9.69 Å². The number of rotatable bonds is 3. The summed E-state index contributed by atoms with van der Waals surface area (Å²) in [6.07, 6.45) is -0.226. The lowest BCUT2D eigenvalue weighted by molar-refractivity contribution is -0.132. The van der Waals surface area contributed by atoms with E-state index in [0.29, 0.717) is 19.5 Å². The zero-order valence-corrected chi connectivity index (χ0v) is 15.9. The number of piperidine rings is 1. The summed E-state index contributed by atoms with van der Waals surface area (Å²) in [6, 6.07) is 12.0. The average molecular weight is 400 g/mol. The van der Waals surface area contributed by atoms with E-state index < -0.39 is 11.5 Å². The van der Waals surface area contributed by atoms with Gasteiger partial charge in [-0.05, 0) is 41.8 Å². The number of benzene rings is 2. The topological polar surface area (TPSA) is 60.9 Å². The summed E-state index contributed by atoms with van der Waals surface area (Å²) in [4.78, 5) is 27.7. The molecule has 0 aliphatic carbocycles. The van der Waals surface area contributed by atoms with Crippen molar-refractivity contribution in [3.05, 3.63) is 71.3 Å². The summed E-state index contributed by atoms with van der Waals surface area (Å²) >= 11 is 0. The maximum absolute atomic E-state index is 13.5. The van der Waals surface area contributed by atoms with Crippen molar-refractivity contribution in [1.29, 1.82) is 0 Å². The molecule has 2 fully saturated rings. The fraction of sp³-hybridized carbons (Fsp3) is 0.364. The monoisotopic (exact) mass is 400 g/mol. The molecule has 2 aromatic carbocycles. The number of carboxylic acid groups (broad SMARTS) is 1. The Balaban J connectivity index is 1.67. The van der Waals surface area contributed by atoms with Crippen LogP contribution in [0.15, 0.2) is 48.5 Å². The molecule has 2 heterocycles. The van der Waals surface area contributed by atoms with Crippen LogP contribution in [-0.2, 0) is 4.79 Å². The van der Waals surface area contributed by atoms with E-state index in [1.165, 1.54) is 29.2 Å². The molecular formula is C22H22F2N2O3. The lowest BCUT2D eigenvalue weighted by Crippen LogP contribution is -2.52. The van der Waals surface area contributed by atoms with Gasteiger partial charge >= 0.3 is 6.09 Å². The Morgan fingerprint density at radius 2 is 1.48 bits per heavy atom. The molecule has 29 heavy (non-hydrogen) atoms. The Labute approximate surface area is 167 Å². The van der Waals surface area contributed by atoms with Crippen LogP contribution in [0.3, 0.4) is 0 Å². The van der Waals surface area contributed by atoms with E-state index in [4.69, 9.17) is 0 Å². The zero-order chi connectivity index (χ0) is 20.6. The predicted molar refractivity (Wildman–Crippen MR) is 102 cm³/mol. The quantitative estimate of drug-likeness (QED) is 0.854. The molecule has 1 unspecified atom stereocenters. The second-order valence-corrected chi connectivity index (χ2v) is 7.88. The predicted octanol–water partition coefficient (Wildman–Crippen LogP) is 3.70. The summed E-state index contributed by atoms with van der Waals surface area (Å²) < 4.78 is 26.9. The molecular weight excluding hydrogens is 378 g/mol. The Kier molecular flexibility index (Phi) is 5.08. The lowest BCUT2D eigenvalue weighted by atomic mass is 9.78. The summed E-state index contributed by atoms with van der Waals surface area (Å²) in [7, 11) is 0.